The summed E-state index contributed by atoms with van der Waals surface area (Å²) in [6.45, 7) is 8.37. The van der Waals surface area contributed by atoms with Crippen molar-refractivity contribution in [2.75, 3.05) is 26.2 Å². The third kappa shape index (κ3) is 2.99. The van der Waals surface area contributed by atoms with Crippen molar-refractivity contribution in [1.29, 1.82) is 0 Å². The van der Waals surface area contributed by atoms with E-state index in [0.29, 0.717) is 5.89 Å². The van der Waals surface area contributed by atoms with Gasteiger partial charge in [-0.2, -0.15) is 4.98 Å². The van der Waals surface area contributed by atoms with Crippen LogP contribution in [0.15, 0.2) is 28.8 Å². The van der Waals surface area contributed by atoms with Gasteiger partial charge in [-0.1, -0.05) is 30.3 Å². The van der Waals surface area contributed by atoms with Crippen molar-refractivity contribution in [3.63, 3.8) is 0 Å². The Kier molecular flexibility index (Phi) is 4.31. The highest BCUT2D eigenvalue weighted by atomic mass is 16.5. The first-order valence-corrected chi connectivity index (χ1v) is 7.66. The minimum Gasteiger partial charge on any atom is -0.334 e. The number of hydrogen-bond donors (Lipinski definition) is 1. The van der Waals surface area contributed by atoms with Crippen LogP contribution in [0.25, 0.3) is 11.5 Å². The number of rotatable bonds is 4. The lowest BCUT2D eigenvalue weighted by Gasteiger charge is -2.30. The molecular weight excluding hydrogens is 264 g/mol. The molecule has 1 aliphatic heterocycles. The molecule has 5 nitrogen and oxygen atoms in total. The predicted octanol–water partition coefficient (Wildman–Crippen LogP) is 2.27. The van der Waals surface area contributed by atoms with Crippen molar-refractivity contribution >= 4 is 0 Å². The molecule has 5 heteroatoms. The van der Waals surface area contributed by atoms with Crippen molar-refractivity contribution in [2.45, 2.75) is 26.3 Å². The minimum atomic E-state index is 0.193. The Morgan fingerprint density at radius 2 is 2.05 bits per heavy atom. The zero-order chi connectivity index (χ0) is 14.7. The third-order valence-corrected chi connectivity index (χ3v) is 4.14. The maximum atomic E-state index is 5.50. The average molecular weight is 286 g/mol. The van der Waals surface area contributed by atoms with Crippen LogP contribution in [0.1, 0.15) is 31.3 Å². The molecule has 2 heterocycles. The third-order valence-electron chi connectivity index (χ3n) is 4.14. The van der Waals surface area contributed by atoms with E-state index in [2.05, 4.69) is 40.3 Å². The first kappa shape index (κ1) is 14.2. The molecule has 0 spiro atoms. The Balaban J connectivity index is 1.82. The Morgan fingerprint density at radius 1 is 1.29 bits per heavy atom. The molecule has 1 saturated heterocycles. The molecule has 0 radical (unpaired) electrons. The number of aryl methyl sites for hydroxylation is 1. The molecule has 1 aromatic carbocycles. The normalized spacial score (nSPS) is 17.8. The van der Waals surface area contributed by atoms with E-state index in [-0.39, 0.29) is 6.04 Å². The fourth-order valence-corrected chi connectivity index (χ4v) is 2.78. The fourth-order valence-electron chi connectivity index (χ4n) is 2.78. The number of benzene rings is 1. The van der Waals surface area contributed by atoms with Crippen LogP contribution in [0, 0.1) is 0 Å². The Hall–Kier alpha value is -1.72. The lowest BCUT2D eigenvalue weighted by Crippen LogP contribution is -2.44. The molecule has 0 aliphatic carbocycles. The van der Waals surface area contributed by atoms with E-state index in [1.54, 1.807) is 0 Å². The van der Waals surface area contributed by atoms with E-state index in [0.717, 1.165) is 44.0 Å². The zero-order valence-electron chi connectivity index (χ0n) is 12.7. The largest absolute Gasteiger partial charge is 0.334 e. The lowest BCUT2D eigenvalue weighted by atomic mass is 10.1. The topological polar surface area (TPSA) is 54.2 Å². The minimum absolute atomic E-state index is 0.193. The van der Waals surface area contributed by atoms with Crippen molar-refractivity contribution in [2.24, 2.45) is 0 Å². The monoisotopic (exact) mass is 286 g/mol. The van der Waals surface area contributed by atoms with Crippen LogP contribution in [0.5, 0.6) is 0 Å². The molecule has 1 N–H and O–H groups in total. The quantitative estimate of drug-likeness (QED) is 0.934. The van der Waals surface area contributed by atoms with Gasteiger partial charge >= 0.3 is 0 Å². The number of nitrogens with one attached hydrogen (secondary N) is 1. The molecule has 1 aliphatic rings. The van der Waals surface area contributed by atoms with Crippen molar-refractivity contribution in [3.8, 4) is 11.5 Å². The first-order valence-electron chi connectivity index (χ1n) is 7.66. The van der Waals surface area contributed by atoms with E-state index < -0.39 is 0 Å². The summed E-state index contributed by atoms with van der Waals surface area (Å²) >= 11 is 0. The van der Waals surface area contributed by atoms with E-state index in [1.807, 2.05) is 18.2 Å². The second-order valence-electron chi connectivity index (χ2n) is 5.43. The van der Waals surface area contributed by atoms with Crippen LogP contribution in [-0.2, 0) is 6.42 Å². The molecule has 0 saturated carbocycles. The fraction of sp³-hybridized carbons (Fsp3) is 0.500. The summed E-state index contributed by atoms with van der Waals surface area (Å²) in [5.74, 6) is 1.40. The van der Waals surface area contributed by atoms with Crippen molar-refractivity contribution < 1.29 is 4.52 Å². The summed E-state index contributed by atoms with van der Waals surface area (Å²) < 4.78 is 5.50. The molecule has 112 valence electrons. The molecule has 21 heavy (non-hydrogen) atoms. The summed E-state index contributed by atoms with van der Waals surface area (Å²) in [5, 5.41) is 7.56. The summed E-state index contributed by atoms with van der Waals surface area (Å²) in [5.41, 5.74) is 2.29. The highest BCUT2D eigenvalue weighted by Gasteiger charge is 2.23. The summed E-state index contributed by atoms with van der Waals surface area (Å²) in [6, 6.07) is 8.41. The standard InChI is InChI=1S/C16H22N4O/c1-3-13-6-4-5-7-14(13)16-18-15(19-21-16)12(2)20-10-8-17-9-11-20/h4-7,12,17H,3,8-11H2,1-2H3. The van der Waals surface area contributed by atoms with E-state index in [1.165, 1.54) is 5.56 Å². The van der Waals surface area contributed by atoms with Gasteiger partial charge in [-0.3, -0.25) is 4.90 Å². The van der Waals surface area contributed by atoms with Crippen LogP contribution >= 0.6 is 0 Å². The second-order valence-corrected chi connectivity index (χ2v) is 5.43. The molecule has 1 fully saturated rings. The number of hydrogen-bond acceptors (Lipinski definition) is 5. The molecule has 2 aromatic rings. The summed E-state index contributed by atoms with van der Waals surface area (Å²) in [7, 11) is 0. The Morgan fingerprint density at radius 3 is 2.81 bits per heavy atom. The first-order chi connectivity index (χ1) is 10.3. The van der Waals surface area contributed by atoms with Crippen LogP contribution in [-0.4, -0.2) is 41.2 Å². The van der Waals surface area contributed by atoms with Gasteiger partial charge in [0.25, 0.3) is 5.89 Å². The SMILES string of the molecule is CCc1ccccc1-c1nc(C(C)N2CCNCC2)no1. The van der Waals surface area contributed by atoms with Crippen molar-refractivity contribution in [3.05, 3.63) is 35.7 Å². The molecule has 1 atom stereocenters. The molecule has 3 rings (SSSR count). The Labute approximate surface area is 125 Å². The molecule has 1 aromatic heterocycles. The van der Waals surface area contributed by atoms with Gasteiger partial charge in [0.15, 0.2) is 5.82 Å². The summed E-state index contributed by atoms with van der Waals surface area (Å²) in [6.07, 6.45) is 0.960. The van der Waals surface area contributed by atoms with Gasteiger partial charge in [0, 0.05) is 31.7 Å². The zero-order valence-corrected chi connectivity index (χ0v) is 12.7. The summed E-state index contributed by atoms with van der Waals surface area (Å²) in [4.78, 5) is 7.01. The maximum Gasteiger partial charge on any atom is 0.258 e. The van der Waals surface area contributed by atoms with Gasteiger partial charge in [0.1, 0.15) is 0 Å². The highest BCUT2D eigenvalue weighted by molar-refractivity contribution is 5.58. The molecular formula is C16H22N4O. The van der Waals surface area contributed by atoms with Crippen LogP contribution in [0.4, 0.5) is 0 Å². The lowest BCUT2D eigenvalue weighted by molar-refractivity contribution is 0.176. The number of aromatic nitrogens is 2. The van der Waals surface area contributed by atoms with Crippen LogP contribution < -0.4 is 5.32 Å². The molecule has 0 bridgehead atoms. The second kappa shape index (κ2) is 6.37. The van der Waals surface area contributed by atoms with Crippen LogP contribution in [0.2, 0.25) is 0 Å². The van der Waals surface area contributed by atoms with Gasteiger partial charge in [-0.15, -0.1) is 0 Å². The van der Waals surface area contributed by atoms with Gasteiger partial charge in [-0.25, -0.2) is 0 Å². The smallest absolute Gasteiger partial charge is 0.258 e. The number of piperazine rings is 1. The molecule has 1 unspecified atom stereocenters. The van der Waals surface area contributed by atoms with E-state index in [9.17, 15) is 0 Å². The van der Waals surface area contributed by atoms with Crippen LogP contribution in [0.3, 0.4) is 0 Å². The van der Waals surface area contributed by atoms with Gasteiger partial charge < -0.3 is 9.84 Å². The van der Waals surface area contributed by atoms with E-state index >= 15 is 0 Å². The molecule has 0 amide bonds. The van der Waals surface area contributed by atoms with Gasteiger partial charge in [-0.05, 0) is 25.0 Å². The van der Waals surface area contributed by atoms with Gasteiger partial charge in [0.2, 0.25) is 0 Å². The number of nitrogens with zero attached hydrogens (tertiary/aromatic N) is 3. The average Bonchev–Trinajstić information content (AvgIpc) is 3.04. The Bertz CT molecular complexity index is 589. The predicted molar refractivity (Wildman–Crippen MR) is 82.0 cm³/mol. The highest BCUT2D eigenvalue weighted by Crippen LogP contribution is 2.25. The van der Waals surface area contributed by atoms with Gasteiger partial charge in [0.05, 0.1) is 6.04 Å². The maximum absolute atomic E-state index is 5.50. The van der Waals surface area contributed by atoms with E-state index in [4.69, 9.17) is 4.52 Å². The van der Waals surface area contributed by atoms with Crippen molar-refractivity contribution in [1.82, 2.24) is 20.4 Å².